The summed E-state index contributed by atoms with van der Waals surface area (Å²) in [4.78, 5) is 24.7. The number of hydrogen-bond acceptors (Lipinski definition) is 4. The Kier molecular flexibility index (Phi) is 4.99. The van der Waals surface area contributed by atoms with Gasteiger partial charge in [-0.3, -0.25) is 14.5 Å². The average Bonchev–Trinajstić information content (AvgIpc) is 2.65. The highest BCUT2D eigenvalue weighted by molar-refractivity contribution is 9.10. The third kappa shape index (κ3) is 3.43. The van der Waals surface area contributed by atoms with Crippen LogP contribution in [0.2, 0.25) is 5.02 Å². The molecule has 1 aliphatic heterocycles. The van der Waals surface area contributed by atoms with Crippen molar-refractivity contribution in [3.8, 4) is 18.1 Å². The van der Waals surface area contributed by atoms with Gasteiger partial charge in [-0.25, -0.2) is 0 Å². The van der Waals surface area contributed by atoms with Crippen molar-refractivity contribution in [1.82, 2.24) is 4.90 Å². The molecule has 4 nitrogen and oxygen atoms in total. The lowest BCUT2D eigenvalue weighted by atomic mass is 10.2. The van der Waals surface area contributed by atoms with Crippen LogP contribution in [0.4, 0.5) is 4.79 Å². The molecule has 0 bridgehead atoms. The Labute approximate surface area is 139 Å². The second-order valence-corrected chi connectivity index (χ2v) is 6.30. The minimum atomic E-state index is -0.329. The predicted molar refractivity (Wildman–Crippen MR) is 87.2 cm³/mol. The van der Waals surface area contributed by atoms with E-state index in [1.807, 2.05) is 0 Å². The highest BCUT2D eigenvalue weighted by Crippen LogP contribution is 2.37. The van der Waals surface area contributed by atoms with Crippen LogP contribution < -0.4 is 4.74 Å². The van der Waals surface area contributed by atoms with Crippen molar-refractivity contribution in [3.05, 3.63) is 32.1 Å². The molecule has 1 fully saturated rings. The van der Waals surface area contributed by atoms with E-state index in [4.69, 9.17) is 22.8 Å². The number of halogens is 2. The van der Waals surface area contributed by atoms with Crippen LogP contribution in [0.3, 0.4) is 0 Å². The Morgan fingerprint density at radius 3 is 2.76 bits per heavy atom. The lowest BCUT2D eigenvalue weighted by molar-refractivity contribution is -0.121. The number of carbonyl (C=O) groups excluding carboxylic acids is 2. The van der Waals surface area contributed by atoms with E-state index in [0.29, 0.717) is 25.7 Å². The van der Waals surface area contributed by atoms with E-state index < -0.39 is 0 Å². The first-order chi connectivity index (χ1) is 9.93. The highest BCUT2D eigenvalue weighted by Gasteiger charge is 2.31. The molecule has 1 heterocycles. The van der Waals surface area contributed by atoms with Gasteiger partial charge < -0.3 is 4.74 Å². The summed E-state index contributed by atoms with van der Waals surface area (Å²) in [7, 11) is 1.44. The van der Waals surface area contributed by atoms with Crippen LogP contribution >= 0.6 is 39.3 Å². The van der Waals surface area contributed by atoms with Gasteiger partial charge in [0.05, 0.1) is 14.4 Å². The zero-order valence-electron chi connectivity index (χ0n) is 10.9. The number of imide groups is 1. The first-order valence-electron chi connectivity index (χ1n) is 5.71. The molecule has 2 rings (SSSR count). The Hall–Kier alpha value is -1.42. The van der Waals surface area contributed by atoms with Gasteiger partial charge in [0.2, 0.25) is 0 Å². The molecule has 1 saturated heterocycles. The molecule has 0 aromatic heterocycles. The Balaban J connectivity index is 2.33. The summed E-state index contributed by atoms with van der Waals surface area (Å²) in [5, 5.41) is 0.0620. The maximum absolute atomic E-state index is 11.8. The summed E-state index contributed by atoms with van der Waals surface area (Å²) in [5.74, 6) is 2.47. The van der Waals surface area contributed by atoms with Crippen molar-refractivity contribution in [2.24, 2.45) is 0 Å². The van der Waals surface area contributed by atoms with E-state index in [0.717, 1.165) is 16.7 Å². The predicted octanol–water partition coefficient (Wildman–Crippen LogP) is 3.78. The molecule has 1 aliphatic rings. The molecule has 0 atom stereocenters. The fraction of sp³-hybridized carbons (Fsp3) is 0.143. The Bertz CT molecular complexity index is 673. The van der Waals surface area contributed by atoms with Crippen molar-refractivity contribution in [2.75, 3.05) is 13.7 Å². The van der Waals surface area contributed by atoms with Crippen molar-refractivity contribution < 1.29 is 14.3 Å². The SMILES string of the molecule is C#CCOc1c(Cl)cc(/C=C2\SC(=O)N(C)C2=O)cc1Br. The van der Waals surface area contributed by atoms with Crippen molar-refractivity contribution in [1.29, 1.82) is 0 Å². The molecule has 1 aromatic rings. The molecule has 0 unspecified atom stereocenters. The van der Waals surface area contributed by atoms with Crippen LogP contribution in [0.25, 0.3) is 6.08 Å². The highest BCUT2D eigenvalue weighted by atomic mass is 79.9. The summed E-state index contributed by atoms with van der Waals surface area (Å²) < 4.78 is 5.94. The quantitative estimate of drug-likeness (QED) is 0.586. The summed E-state index contributed by atoms with van der Waals surface area (Å²) in [6, 6.07) is 3.38. The molecular formula is C14H9BrClNO3S. The normalized spacial score (nSPS) is 16.5. The van der Waals surface area contributed by atoms with E-state index in [-0.39, 0.29) is 17.8 Å². The van der Waals surface area contributed by atoms with Crippen LogP contribution in [0.5, 0.6) is 5.75 Å². The van der Waals surface area contributed by atoms with Gasteiger partial charge in [-0.1, -0.05) is 17.5 Å². The van der Waals surface area contributed by atoms with Crippen LogP contribution in [0, 0.1) is 12.3 Å². The number of rotatable bonds is 3. The number of nitrogens with zero attached hydrogens (tertiary/aromatic N) is 1. The number of hydrogen-bond donors (Lipinski definition) is 0. The van der Waals surface area contributed by atoms with Crippen LogP contribution in [0.15, 0.2) is 21.5 Å². The van der Waals surface area contributed by atoms with Crippen molar-refractivity contribution in [3.63, 3.8) is 0 Å². The molecule has 0 spiro atoms. The first-order valence-corrected chi connectivity index (χ1v) is 7.69. The summed E-state index contributed by atoms with van der Waals surface area (Å²) >= 11 is 10.4. The van der Waals surface area contributed by atoms with Gasteiger partial charge in [0.1, 0.15) is 6.61 Å². The van der Waals surface area contributed by atoms with E-state index in [2.05, 4.69) is 21.9 Å². The number of amides is 2. The minimum absolute atomic E-state index is 0.104. The lowest BCUT2D eigenvalue weighted by Crippen LogP contribution is -2.22. The van der Waals surface area contributed by atoms with Crippen LogP contribution in [-0.2, 0) is 4.79 Å². The van der Waals surface area contributed by atoms with Gasteiger partial charge in [-0.05, 0) is 51.5 Å². The zero-order chi connectivity index (χ0) is 15.6. The van der Waals surface area contributed by atoms with Crippen LogP contribution in [0.1, 0.15) is 5.56 Å². The van der Waals surface area contributed by atoms with Crippen LogP contribution in [-0.4, -0.2) is 29.7 Å². The third-order valence-electron chi connectivity index (χ3n) is 2.60. The average molecular weight is 387 g/mol. The molecule has 0 aliphatic carbocycles. The number of terminal acetylenes is 1. The van der Waals surface area contributed by atoms with E-state index in [1.54, 1.807) is 18.2 Å². The number of carbonyl (C=O) groups is 2. The fourth-order valence-electron chi connectivity index (χ4n) is 1.61. The van der Waals surface area contributed by atoms with Gasteiger partial charge in [-0.15, -0.1) is 6.42 Å². The summed E-state index contributed by atoms with van der Waals surface area (Å²) in [6.07, 6.45) is 6.74. The molecule has 108 valence electrons. The minimum Gasteiger partial charge on any atom is -0.478 e. The summed E-state index contributed by atoms with van der Waals surface area (Å²) in [5.41, 5.74) is 0.680. The molecule has 0 saturated carbocycles. The molecule has 0 N–H and O–H groups in total. The van der Waals surface area contributed by atoms with E-state index in [1.165, 1.54) is 7.05 Å². The molecule has 2 amide bonds. The van der Waals surface area contributed by atoms with E-state index >= 15 is 0 Å². The molecule has 0 radical (unpaired) electrons. The van der Waals surface area contributed by atoms with Gasteiger partial charge in [0.25, 0.3) is 11.1 Å². The van der Waals surface area contributed by atoms with E-state index in [9.17, 15) is 9.59 Å². The molecule has 7 heteroatoms. The fourth-order valence-corrected chi connectivity index (χ4v) is 3.43. The van der Waals surface area contributed by atoms with Gasteiger partial charge in [0.15, 0.2) is 5.75 Å². The van der Waals surface area contributed by atoms with Gasteiger partial charge in [0, 0.05) is 7.05 Å². The number of ether oxygens (including phenoxy) is 1. The summed E-state index contributed by atoms with van der Waals surface area (Å²) in [6.45, 7) is 0.104. The van der Waals surface area contributed by atoms with Gasteiger partial charge in [-0.2, -0.15) is 0 Å². The maximum Gasteiger partial charge on any atom is 0.293 e. The maximum atomic E-state index is 11.8. The van der Waals surface area contributed by atoms with Crippen molar-refractivity contribution >= 4 is 56.5 Å². The topological polar surface area (TPSA) is 46.6 Å². The number of likely N-dealkylation sites (N-methyl/N-ethyl adjacent to an activating group) is 1. The lowest BCUT2D eigenvalue weighted by Gasteiger charge is -2.09. The monoisotopic (exact) mass is 385 g/mol. The second kappa shape index (κ2) is 6.56. The largest absolute Gasteiger partial charge is 0.478 e. The first kappa shape index (κ1) is 16.0. The molecule has 1 aromatic carbocycles. The third-order valence-corrected chi connectivity index (χ3v) is 4.44. The smallest absolute Gasteiger partial charge is 0.293 e. The standard InChI is InChI=1S/C14H9BrClNO3S/c1-3-4-20-12-9(15)5-8(6-10(12)16)7-11-13(18)17(2)14(19)21-11/h1,5-7H,4H2,2H3/b11-7-. The Morgan fingerprint density at radius 2 is 2.24 bits per heavy atom. The second-order valence-electron chi connectivity index (χ2n) is 4.05. The number of thioether (sulfide) groups is 1. The zero-order valence-corrected chi connectivity index (χ0v) is 14.0. The molecular weight excluding hydrogens is 378 g/mol. The van der Waals surface area contributed by atoms with Crippen molar-refractivity contribution in [2.45, 2.75) is 0 Å². The van der Waals surface area contributed by atoms with Gasteiger partial charge >= 0.3 is 0 Å². The molecule has 21 heavy (non-hydrogen) atoms. The Morgan fingerprint density at radius 1 is 1.52 bits per heavy atom. The number of benzene rings is 1.